The zero-order valence-electron chi connectivity index (χ0n) is 9.12. The van der Waals surface area contributed by atoms with Gasteiger partial charge in [-0.2, -0.15) is 0 Å². The van der Waals surface area contributed by atoms with Gasteiger partial charge in [0.15, 0.2) is 0 Å². The Morgan fingerprint density at radius 2 is 2.20 bits per heavy atom. The molecule has 0 aliphatic heterocycles. The molecular weight excluding hydrogens is 192 g/mol. The van der Waals surface area contributed by atoms with Crippen LogP contribution in [0.3, 0.4) is 0 Å². The number of aryl methyl sites for hydroxylation is 2. The highest BCUT2D eigenvalue weighted by Gasteiger charge is 2.05. The van der Waals surface area contributed by atoms with Crippen LogP contribution in [0.5, 0.6) is 5.75 Å². The minimum Gasteiger partial charge on any atom is -0.508 e. The fourth-order valence-electron chi connectivity index (χ4n) is 1.40. The van der Waals surface area contributed by atoms with Gasteiger partial charge in [0.2, 0.25) is 0 Å². The normalized spacial score (nSPS) is 10.0. The topological polar surface area (TPSA) is 46.5 Å². The molecular formula is C12H16O3. The third-order valence-electron chi connectivity index (χ3n) is 2.24. The number of phenols is 1. The minimum absolute atomic E-state index is 0.194. The monoisotopic (exact) mass is 208 g/mol. The van der Waals surface area contributed by atoms with E-state index in [0.29, 0.717) is 19.4 Å². The molecule has 1 aromatic carbocycles. The summed E-state index contributed by atoms with van der Waals surface area (Å²) in [5, 5.41) is 9.29. The van der Waals surface area contributed by atoms with Crippen LogP contribution in [0.4, 0.5) is 0 Å². The third kappa shape index (κ3) is 3.62. The maximum Gasteiger partial charge on any atom is 0.306 e. The van der Waals surface area contributed by atoms with Crippen molar-refractivity contribution in [3.63, 3.8) is 0 Å². The minimum atomic E-state index is -0.194. The second kappa shape index (κ2) is 5.39. The van der Waals surface area contributed by atoms with Crippen LogP contribution in [0.15, 0.2) is 18.2 Å². The van der Waals surface area contributed by atoms with Crippen molar-refractivity contribution in [1.82, 2.24) is 0 Å². The molecule has 0 amide bonds. The van der Waals surface area contributed by atoms with Gasteiger partial charge in [-0.15, -0.1) is 0 Å². The van der Waals surface area contributed by atoms with Crippen LogP contribution in [-0.2, 0) is 16.0 Å². The zero-order chi connectivity index (χ0) is 11.3. The maximum atomic E-state index is 11.1. The third-order valence-corrected chi connectivity index (χ3v) is 2.24. The molecule has 0 unspecified atom stereocenters. The van der Waals surface area contributed by atoms with Crippen molar-refractivity contribution in [2.24, 2.45) is 0 Å². The highest BCUT2D eigenvalue weighted by Crippen LogP contribution is 2.17. The Hall–Kier alpha value is -1.51. The molecule has 0 aliphatic carbocycles. The lowest BCUT2D eigenvalue weighted by Crippen LogP contribution is -2.05. The number of benzene rings is 1. The van der Waals surface area contributed by atoms with E-state index in [0.717, 1.165) is 11.1 Å². The highest BCUT2D eigenvalue weighted by molar-refractivity contribution is 5.69. The van der Waals surface area contributed by atoms with Crippen LogP contribution in [-0.4, -0.2) is 17.7 Å². The number of aromatic hydroxyl groups is 1. The van der Waals surface area contributed by atoms with E-state index >= 15 is 0 Å². The summed E-state index contributed by atoms with van der Waals surface area (Å²) >= 11 is 0. The molecule has 0 spiro atoms. The van der Waals surface area contributed by atoms with Gasteiger partial charge in [-0.1, -0.05) is 6.07 Å². The lowest BCUT2D eigenvalue weighted by molar-refractivity contribution is -0.143. The molecule has 0 radical (unpaired) electrons. The smallest absolute Gasteiger partial charge is 0.306 e. The number of ether oxygens (including phenoxy) is 1. The SMILES string of the molecule is CCOC(=O)CCc1cc(O)ccc1C. The molecule has 0 atom stereocenters. The van der Waals surface area contributed by atoms with Crippen LogP contribution in [0.1, 0.15) is 24.5 Å². The van der Waals surface area contributed by atoms with Crippen molar-refractivity contribution < 1.29 is 14.6 Å². The molecule has 1 aromatic rings. The molecule has 0 saturated heterocycles. The average molecular weight is 208 g/mol. The summed E-state index contributed by atoms with van der Waals surface area (Å²) in [4.78, 5) is 11.1. The summed E-state index contributed by atoms with van der Waals surface area (Å²) in [5.74, 6) is 0.0414. The molecule has 0 saturated carbocycles. The average Bonchev–Trinajstić information content (AvgIpc) is 2.20. The van der Waals surface area contributed by atoms with Gasteiger partial charge < -0.3 is 9.84 Å². The van der Waals surface area contributed by atoms with Crippen molar-refractivity contribution in [1.29, 1.82) is 0 Å². The molecule has 0 bridgehead atoms. The van der Waals surface area contributed by atoms with Gasteiger partial charge in [-0.3, -0.25) is 4.79 Å². The van der Waals surface area contributed by atoms with Gasteiger partial charge in [-0.05, 0) is 43.5 Å². The maximum absolute atomic E-state index is 11.1. The van der Waals surface area contributed by atoms with Crippen molar-refractivity contribution >= 4 is 5.97 Å². The van der Waals surface area contributed by atoms with Gasteiger partial charge in [0, 0.05) is 6.42 Å². The van der Waals surface area contributed by atoms with Crippen LogP contribution >= 0.6 is 0 Å². The highest BCUT2D eigenvalue weighted by atomic mass is 16.5. The number of phenolic OH excluding ortho intramolecular Hbond substituents is 1. The quantitative estimate of drug-likeness (QED) is 0.771. The molecule has 0 aromatic heterocycles. The van der Waals surface area contributed by atoms with Crippen LogP contribution in [0, 0.1) is 6.92 Å². The van der Waals surface area contributed by atoms with E-state index in [9.17, 15) is 9.90 Å². The molecule has 3 heteroatoms. The largest absolute Gasteiger partial charge is 0.508 e. The first kappa shape index (κ1) is 11.6. The molecule has 0 heterocycles. The molecule has 0 fully saturated rings. The van der Waals surface area contributed by atoms with E-state index in [1.807, 2.05) is 13.0 Å². The molecule has 15 heavy (non-hydrogen) atoms. The lowest BCUT2D eigenvalue weighted by atomic mass is 10.0. The Bertz CT molecular complexity index is 345. The molecule has 1 N–H and O–H groups in total. The summed E-state index contributed by atoms with van der Waals surface area (Å²) in [7, 11) is 0. The second-order valence-electron chi connectivity index (χ2n) is 3.42. The van der Waals surface area contributed by atoms with E-state index in [2.05, 4.69) is 0 Å². The standard InChI is InChI=1S/C12H16O3/c1-3-15-12(14)7-5-10-8-11(13)6-4-9(10)2/h4,6,8,13H,3,5,7H2,1-2H3. The van der Waals surface area contributed by atoms with Gasteiger partial charge in [0.05, 0.1) is 6.61 Å². The van der Waals surface area contributed by atoms with Gasteiger partial charge >= 0.3 is 5.97 Å². The van der Waals surface area contributed by atoms with E-state index in [1.54, 1.807) is 19.1 Å². The van der Waals surface area contributed by atoms with Crippen LogP contribution < -0.4 is 0 Å². The van der Waals surface area contributed by atoms with Crippen LogP contribution in [0.2, 0.25) is 0 Å². The van der Waals surface area contributed by atoms with E-state index < -0.39 is 0 Å². The van der Waals surface area contributed by atoms with Crippen molar-refractivity contribution in [3.8, 4) is 5.75 Å². The summed E-state index contributed by atoms with van der Waals surface area (Å²) in [6.07, 6.45) is 0.969. The number of hydrogen-bond acceptors (Lipinski definition) is 3. The van der Waals surface area contributed by atoms with E-state index in [-0.39, 0.29) is 11.7 Å². The summed E-state index contributed by atoms with van der Waals surface area (Å²) in [6, 6.07) is 5.17. The second-order valence-corrected chi connectivity index (χ2v) is 3.42. The summed E-state index contributed by atoms with van der Waals surface area (Å²) in [5.41, 5.74) is 2.07. The van der Waals surface area contributed by atoms with Gasteiger partial charge in [0.25, 0.3) is 0 Å². The summed E-state index contributed by atoms with van der Waals surface area (Å²) < 4.78 is 4.83. The fourth-order valence-corrected chi connectivity index (χ4v) is 1.40. The number of carbonyl (C=O) groups excluding carboxylic acids is 1. The Morgan fingerprint density at radius 3 is 2.87 bits per heavy atom. The predicted molar refractivity (Wildman–Crippen MR) is 57.8 cm³/mol. The van der Waals surface area contributed by atoms with Crippen LogP contribution in [0.25, 0.3) is 0 Å². The van der Waals surface area contributed by atoms with Crippen molar-refractivity contribution in [2.45, 2.75) is 26.7 Å². The Labute approximate surface area is 89.7 Å². The van der Waals surface area contributed by atoms with Crippen molar-refractivity contribution in [2.75, 3.05) is 6.61 Å². The molecule has 0 aliphatic rings. The fraction of sp³-hybridized carbons (Fsp3) is 0.417. The van der Waals surface area contributed by atoms with Crippen molar-refractivity contribution in [3.05, 3.63) is 29.3 Å². The number of rotatable bonds is 4. The Kier molecular flexibility index (Phi) is 4.16. The number of hydrogen-bond donors (Lipinski definition) is 1. The number of esters is 1. The molecule has 3 nitrogen and oxygen atoms in total. The Morgan fingerprint density at radius 1 is 1.47 bits per heavy atom. The number of carbonyl (C=O) groups is 1. The first-order valence-corrected chi connectivity index (χ1v) is 5.07. The summed E-state index contributed by atoms with van der Waals surface area (Å²) in [6.45, 7) is 4.16. The first-order valence-electron chi connectivity index (χ1n) is 5.07. The first-order chi connectivity index (χ1) is 7.13. The Balaban J connectivity index is 2.57. The zero-order valence-corrected chi connectivity index (χ0v) is 9.12. The molecule has 82 valence electrons. The van der Waals surface area contributed by atoms with Gasteiger partial charge in [0.1, 0.15) is 5.75 Å². The lowest BCUT2D eigenvalue weighted by Gasteiger charge is -2.06. The molecule has 1 rings (SSSR count). The predicted octanol–water partition coefficient (Wildman–Crippen LogP) is 2.20. The van der Waals surface area contributed by atoms with E-state index in [4.69, 9.17) is 4.74 Å². The van der Waals surface area contributed by atoms with Gasteiger partial charge in [-0.25, -0.2) is 0 Å². The van der Waals surface area contributed by atoms with E-state index in [1.165, 1.54) is 0 Å².